The second-order valence-electron chi connectivity index (χ2n) is 3.84. The van der Waals surface area contributed by atoms with Crippen LogP contribution in [0.4, 0.5) is 0 Å². The Balaban J connectivity index is 2.31. The first kappa shape index (κ1) is 14.8. The first-order valence-electron chi connectivity index (χ1n) is 5.67. The summed E-state index contributed by atoms with van der Waals surface area (Å²) in [6.07, 6.45) is 4.08. The van der Waals surface area contributed by atoms with Crippen molar-refractivity contribution in [3.63, 3.8) is 0 Å². The highest BCUT2D eigenvalue weighted by Crippen LogP contribution is 2.01. The third-order valence-electron chi connectivity index (χ3n) is 2.34. The van der Waals surface area contributed by atoms with Crippen molar-refractivity contribution in [3.8, 4) is 0 Å². The summed E-state index contributed by atoms with van der Waals surface area (Å²) in [6.45, 7) is 1.44. The third kappa shape index (κ3) is 5.37. The van der Waals surface area contributed by atoms with Crippen molar-refractivity contribution in [1.82, 2.24) is 10.3 Å². The second kappa shape index (κ2) is 7.94. The van der Waals surface area contributed by atoms with Crippen LogP contribution in [0.2, 0.25) is 0 Å². The van der Waals surface area contributed by atoms with Gasteiger partial charge < -0.3 is 10.1 Å². The molecule has 0 fully saturated rings. The van der Waals surface area contributed by atoms with Gasteiger partial charge in [0, 0.05) is 35.5 Å². The number of methoxy groups -OCH3 is 1. The highest BCUT2D eigenvalue weighted by molar-refractivity contribution is 7.84. The fourth-order valence-electron chi connectivity index (χ4n) is 1.38. The molecule has 1 aromatic rings. The van der Waals surface area contributed by atoms with Gasteiger partial charge in [0.15, 0.2) is 0 Å². The predicted molar refractivity (Wildman–Crippen MR) is 70.8 cm³/mol. The van der Waals surface area contributed by atoms with Crippen LogP contribution in [-0.2, 0) is 22.1 Å². The average Bonchev–Trinajstić information content (AvgIpc) is 2.38. The fraction of sp³-hybridized carbons (Fsp3) is 0.500. The number of hydrogen-bond acceptors (Lipinski definition) is 5. The van der Waals surface area contributed by atoms with Crippen molar-refractivity contribution in [1.29, 1.82) is 0 Å². The zero-order valence-corrected chi connectivity index (χ0v) is 11.5. The molecular weight excluding hydrogens is 252 g/mol. The normalized spacial score (nSPS) is 12.1. The lowest BCUT2D eigenvalue weighted by Crippen LogP contribution is -2.17. The average molecular weight is 270 g/mol. The molecule has 100 valence electrons. The number of carbonyl (C=O) groups is 1. The topological polar surface area (TPSA) is 68.3 Å². The molecule has 5 nitrogen and oxygen atoms in total. The molecule has 1 heterocycles. The zero-order chi connectivity index (χ0) is 13.4. The molecule has 1 unspecified atom stereocenters. The van der Waals surface area contributed by atoms with Gasteiger partial charge in [-0.1, -0.05) is 0 Å². The van der Waals surface area contributed by atoms with Gasteiger partial charge in [-0.3, -0.25) is 9.19 Å². The van der Waals surface area contributed by atoms with Crippen LogP contribution in [0.1, 0.15) is 22.5 Å². The summed E-state index contributed by atoms with van der Waals surface area (Å²) in [5.74, 6) is 0.328. The van der Waals surface area contributed by atoms with Crippen LogP contribution >= 0.6 is 0 Å². The van der Waals surface area contributed by atoms with Crippen LogP contribution in [0, 0.1) is 0 Å². The summed E-state index contributed by atoms with van der Waals surface area (Å²) in [6, 6.07) is 3.48. The summed E-state index contributed by atoms with van der Waals surface area (Å²) in [5.41, 5.74) is 1.31. The Morgan fingerprint density at radius 2 is 2.28 bits per heavy atom. The van der Waals surface area contributed by atoms with E-state index in [1.54, 1.807) is 18.4 Å². The van der Waals surface area contributed by atoms with E-state index in [2.05, 4.69) is 15.0 Å². The summed E-state index contributed by atoms with van der Waals surface area (Å²) in [7, 11) is 0.613. The first-order valence-corrected chi connectivity index (χ1v) is 7.40. The van der Waals surface area contributed by atoms with E-state index in [0.717, 1.165) is 18.7 Å². The van der Waals surface area contributed by atoms with Crippen molar-refractivity contribution in [2.24, 2.45) is 0 Å². The van der Waals surface area contributed by atoms with E-state index in [-0.39, 0.29) is 5.97 Å². The van der Waals surface area contributed by atoms with Crippen LogP contribution < -0.4 is 5.32 Å². The minimum absolute atomic E-state index is 0.382. The molecule has 0 saturated carbocycles. The minimum atomic E-state index is -0.730. The van der Waals surface area contributed by atoms with Gasteiger partial charge in [-0.2, -0.15) is 0 Å². The van der Waals surface area contributed by atoms with Crippen LogP contribution in [0.15, 0.2) is 18.3 Å². The Morgan fingerprint density at radius 3 is 2.83 bits per heavy atom. The molecule has 0 saturated heterocycles. The number of hydrogen-bond donors (Lipinski definition) is 1. The molecule has 0 amide bonds. The molecule has 1 rings (SSSR count). The molecule has 0 aliphatic rings. The van der Waals surface area contributed by atoms with Gasteiger partial charge in [0.2, 0.25) is 0 Å². The van der Waals surface area contributed by atoms with Crippen LogP contribution in [0.5, 0.6) is 0 Å². The van der Waals surface area contributed by atoms with E-state index in [1.807, 2.05) is 0 Å². The molecule has 1 aromatic heterocycles. The van der Waals surface area contributed by atoms with Crippen molar-refractivity contribution in [2.75, 3.05) is 25.7 Å². The fourth-order valence-corrected chi connectivity index (χ4v) is 1.94. The number of aromatic nitrogens is 1. The highest BCUT2D eigenvalue weighted by Gasteiger charge is 2.04. The van der Waals surface area contributed by atoms with E-state index in [4.69, 9.17) is 0 Å². The minimum Gasteiger partial charge on any atom is -0.465 e. The van der Waals surface area contributed by atoms with Gasteiger partial charge in [0.1, 0.15) is 0 Å². The lowest BCUT2D eigenvalue weighted by atomic mass is 10.2. The summed E-state index contributed by atoms with van der Waals surface area (Å²) < 4.78 is 15.4. The van der Waals surface area contributed by atoms with E-state index >= 15 is 0 Å². The Bertz CT molecular complexity index is 406. The molecule has 1 atom stereocenters. The monoisotopic (exact) mass is 270 g/mol. The van der Waals surface area contributed by atoms with Gasteiger partial charge in [-0.15, -0.1) is 0 Å². The van der Waals surface area contributed by atoms with Gasteiger partial charge in [-0.05, 0) is 25.1 Å². The first-order chi connectivity index (χ1) is 8.63. The molecule has 0 spiro atoms. The predicted octanol–water partition coefficient (Wildman–Crippen LogP) is 0.726. The number of nitrogens with one attached hydrogen (secondary N) is 1. The van der Waals surface area contributed by atoms with E-state index in [9.17, 15) is 9.00 Å². The lowest BCUT2D eigenvalue weighted by molar-refractivity contribution is 0.0600. The van der Waals surface area contributed by atoms with Crippen LogP contribution in [0.3, 0.4) is 0 Å². The number of carbonyl (C=O) groups excluding carboxylic acids is 1. The molecule has 0 bridgehead atoms. The second-order valence-corrected chi connectivity index (χ2v) is 5.39. The van der Waals surface area contributed by atoms with Crippen LogP contribution in [-0.4, -0.2) is 40.8 Å². The van der Waals surface area contributed by atoms with Crippen LogP contribution in [0.25, 0.3) is 0 Å². The van der Waals surface area contributed by atoms with Crippen molar-refractivity contribution in [2.45, 2.75) is 13.0 Å². The molecule has 6 heteroatoms. The Labute approximate surface area is 109 Å². The van der Waals surface area contributed by atoms with Crippen molar-refractivity contribution >= 4 is 16.8 Å². The molecule has 1 N–H and O–H groups in total. The van der Waals surface area contributed by atoms with E-state index < -0.39 is 10.8 Å². The van der Waals surface area contributed by atoms with Crippen molar-refractivity contribution < 1.29 is 13.7 Å². The van der Waals surface area contributed by atoms with Gasteiger partial charge in [0.25, 0.3) is 0 Å². The maximum Gasteiger partial charge on any atom is 0.339 e. The van der Waals surface area contributed by atoms with Gasteiger partial charge >= 0.3 is 5.97 Å². The molecule has 0 radical (unpaired) electrons. The quantitative estimate of drug-likeness (QED) is 0.584. The zero-order valence-electron chi connectivity index (χ0n) is 10.6. The Morgan fingerprint density at radius 1 is 1.50 bits per heavy atom. The van der Waals surface area contributed by atoms with E-state index in [1.165, 1.54) is 13.3 Å². The number of pyridine rings is 1. The lowest BCUT2D eigenvalue weighted by Gasteiger charge is -2.04. The third-order valence-corrected chi connectivity index (χ3v) is 3.20. The Hall–Kier alpha value is -1.27. The molecule has 0 aromatic carbocycles. The maximum atomic E-state index is 11.2. The molecule has 0 aliphatic heterocycles. The summed E-state index contributed by atoms with van der Waals surface area (Å²) >= 11 is 0. The number of ether oxygens (including phenoxy) is 1. The molecule has 18 heavy (non-hydrogen) atoms. The summed E-state index contributed by atoms with van der Waals surface area (Å²) in [5, 5.41) is 3.21. The molecular formula is C12H18N2O3S. The smallest absolute Gasteiger partial charge is 0.339 e. The standard InChI is InChI=1S/C12H18N2O3S/c1-17-12(15)10-4-5-11(14-8-10)9-13-6-3-7-18(2)16/h4-5,8,13H,3,6-7,9H2,1-2H3. The largest absolute Gasteiger partial charge is 0.465 e. The maximum absolute atomic E-state index is 11.2. The van der Waals surface area contributed by atoms with Crippen molar-refractivity contribution in [3.05, 3.63) is 29.6 Å². The number of nitrogens with zero attached hydrogens (tertiary/aromatic N) is 1. The summed E-state index contributed by atoms with van der Waals surface area (Å²) in [4.78, 5) is 15.3. The highest BCUT2D eigenvalue weighted by atomic mass is 32.2. The number of esters is 1. The number of rotatable bonds is 7. The SMILES string of the molecule is COC(=O)c1ccc(CNCCCS(C)=O)nc1. The van der Waals surface area contributed by atoms with Gasteiger partial charge in [-0.25, -0.2) is 4.79 Å². The van der Waals surface area contributed by atoms with Gasteiger partial charge in [0.05, 0.1) is 18.4 Å². The molecule has 0 aliphatic carbocycles. The van der Waals surface area contributed by atoms with E-state index in [0.29, 0.717) is 17.9 Å². The Kier molecular flexibility index (Phi) is 6.53.